The number of aliphatic hydroxyl groups is 1. The van der Waals surface area contributed by atoms with Gasteiger partial charge in [0.2, 0.25) is 0 Å². The van der Waals surface area contributed by atoms with Crippen LogP contribution in [-0.2, 0) is 4.74 Å². The summed E-state index contributed by atoms with van der Waals surface area (Å²) >= 11 is 0. The fraction of sp³-hybridized carbons (Fsp3) is 0.387. The molecule has 43 heavy (non-hydrogen) atoms. The highest BCUT2D eigenvalue weighted by molar-refractivity contribution is 6.03. The van der Waals surface area contributed by atoms with Crippen LogP contribution in [0.25, 0.3) is 32.9 Å². The van der Waals surface area contributed by atoms with Crippen LogP contribution in [0.2, 0.25) is 0 Å². The Morgan fingerprint density at radius 2 is 1.93 bits per heavy atom. The largest absolute Gasteiger partial charge is 0.468 e. The molecule has 3 heterocycles. The van der Waals surface area contributed by atoms with Crippen molar-refractivity contribution in [2.45, 2.75) is 31.6 Å². The molecule has 1 aliphatic carbocycles. The maximum absolute atomic E-state index is 16.6. The minimum Gasteiger partial charge on any atom is -0.468 e. The van der Waals surface area contributed by atoms with E-state index in [4.69, 9.17) is 20.6 Å². The number of terminal acetylenes is 1. The van der Waals surface area contributed by atoms with E-state index in [9.17, 15) is 18.3 Å². The lowest BCUT2D eigenvalue weighted by Gasteiger charge is -2.33. The highest BCUT2D eigenvalue weighted by atomic mass is 19.3. The lowest BCUT2D eigenvalue weighted by Crippen LogP contribution is -2.43. The molecule has 1 saturated heterocycles. The van der Waals surface area contributed by atoms with Crippen LogP contribution in [0.5, 0.6) is 11.8 Å². The quantitative estimate of drug-likeness (QED) is 0.155. The first kappa shape index (κ1) is 28.9. The maximum Gasteiger partial charge on any atom is 0.319 e. The van der Waals surface area contributed by atoms with Gasteiger partial charge in [-0.25, -0.2) is 17.6 Å². The number of hydrogen-bond donors (Lipinski definition) is 1. The van der Waals surface area contributed by atoms with E-state index < -0.39 is 29.5 Å². The summed E-state index contributed by atoms with van der Waals surface area (Å²) in [6.07, 6.45) is 8.39. The Balaban J connectivity index is 1.55. The van der Waals surface area contributed by atoms with E-state index in [-0.39, 0.29) is 84.3 Å². The third-order valence-electron chi connectivity index (χ3n) is 7.92. The van der Waals surface area contributed by atoms with E-state index in [1.54, 1.807) is 6.07 Å². The van der Waals surface area contributed by atoms with Crippen molar-refractivity contribution in [3.05, 3.63) is 47.7 Å². The first-order valence-corrected chi connectivity index (χ1v) is 13.8. The summed E-state index contributed by atoms with van der Waals surface area (Å²) in [4.78, 5) is 14.5. The number of aliphatic hydroxyl groups excluding tert-OH is 1. The number of fused-ring (bicyclic) bond motifs is 2. The van der Waals surface area contributed by atoms with Crippen LogP contribution in [0.15, 0.2) is 30.5 Å². The van der Waals surface area contributed by atoms with Gasteiger partial charge in [0.25, 0.3) is 5.92 Å². The minimum atomic E-state index is -2.96. The number of halogens is 4. The van der Waals surface area contributed by atoms with Gasteiger partial charge < -0.3 is 24.2 Å². The number of pyridine rings is 1. The normalized spacial score (nSPS) is 17.2. The Bertz CT molecular complexity index is 1760. The summed E-state index contributed by atoms with van der Waals surface area (Å²) in [5.41, 5.74) is -0.817. The molecule has 6 rings (SSSR count). The summed E-state index contributed by atoms with van der Waals surface area (Å²) in [5, 5.41) is 10.5. The Morgan fingerprint density at radius 3 is 2.63 bits per heavy atom. The topological polar surface area (TPSA) is 89.8 Å². The molecule has 12 heteroatoms. The number of rotatable bonds is 9. The molecule has 2 fully saturated rings. The number of piperidine rings is 1. The minimum absolute atomic E-state index is 0.0589. The average Bonchev–Trinajstić information content (AvgIpc) is 3.79. The van der Waals surface area contributed by atoms with Crippen molar-refractivity contribution in [2.75, 3.05) is 45.1 Å². The van der Waals surface area contributed by atoms with Crippen LogP contribution in [0.3, 0.4) is 0 Å². The molecule has 1 saturated carbocycles. The van der Waals surface area contributed by atoms with Gasteiger partial charge in [-0.05, 0) is 42.8 Å². The lowest BCUT2D eigenvalue weighted by atomic mass is 9.95. The molecule has 4 aromatic rings. The third-order valence-corrected chi connectivity index (χ3v) is 7.92. The summed E-state index contributed by atoms with van der Waals surface area (Å²) in [5.74, 6) is -1.85. The average molecular weight is 597 g/mol. The van der Waals surface area contributed by atoms with Crippen LogP contribution in [-0.4, -0.2) is 66.2 Å². The molecule has 0 radical (unpaired) electrons. The smallest absolute Gasteiger partial charge is 0.319 e. The number of methoxy groups -OCH3 is 1. The number of hydrogen-bond acceptors (Lipinski definition) is 8. The highest BCUT2D eigenvalue weighted by Gasteiger charge is 2.43. The molecule has 224 valence electrons. The summed E-state index contributed by atoms with van der Waals surface area (Å²) < 4.78 is 76.7. The second kappa shape index (κ2) is 11.1. The van der Waals surface area contributed by atoms with E-state index in [2.05, 4.69) is 20.9 Å². The molecule has 2 aromatic heterocycles. The standard InChI is InChI=1S/C31H28F4N4O4/c1-3-20-23(32)6-5-18-11-19(43-17-41-2)12-21(24(18)20)26-25(33)27-22(13-36-26)28(39-10-4-7-31(34,35)14-39)38-29(37-27)42-16-30(15-40)8-9-30/h1,5-6,11-13,40H,4,7-10,14-17H2,2H3. The van der Waals surface area contributed by atoms with Crippen molar-refractivity contribution in [1.29, 1.82) is 0 Å². The number of anilines is 1. The zero-order valence-corrected chi connectivity index (χ0v) is 23.3. The second-order valence-corrected chi connectivity index (χ2v) is 11.0. The molecule has 8 nitrogen and oxygen atoms in total. The third kappa shape index (κ3) is 5.50. The fourth-order valence-electron chi connectivity index (χ4n) is 5.36. The Morgan fingerprint density at radius 1 is 1.12 bits per heavy atom. The van der Waals surface area contributed by atoms with E-state index in [0.29, 0.717) is 11.1 Å². The zero-order valence-electron chi connectivity index (χ0n) is 23.3. The van der Waals surface area contributed by atoms with Gasteiger partial charge in [-0.1, -0.05) is 12.0 Å². The monoisotopic (exact) mass is 596 g/mol. The van der Waals surface area contributed by atoms with Crippen LogP contribution in [0, 0.1) is 29.4 Å². The van der Waals surface area contributed by atoms with Crippen molar-refractivity contribution in [1.82, 2.24) is 15.0 Å². The predicted molar refractivity (Wildman–Crippen MR) is 151 cm³/mol. The molecule has 2 aliphatic rings. The van der Waals surface area contributed by atoms with Crippen molar-refractivity contribution in [3.63, 3.8) is 0 Å². The molecule has 1 N–H and O–H groups in total. The van der Waals surface area contributed by atoms with Crippen LogP contribution in [0.4, 0.5) is 23.4 Å². The molecule has 0 atom stereocenters. The van der Waals surface area contributed by atoms with Crippen LogP contribution < -0.4 is 14.4 Å². The Hall–Kier alpha value is -4.21. The Kier molecular flexibility index (Phi) is 7.48. The molecule has 0 unspecified atom stereocenters. The van der Waals surface area contributed by atoms with Crippen molar-refractivity contribution < 1.29 is 36.9 Å². The van der Waals surface area contributed by atoms with Gasteiger partial charge >= 0.3 is 6.01 Å². The summed E-state index contributed by atoms with van der Waals surface area (Å²) in [7, 11) is 1.44. The van der Waals surface area contributed by atoms with E-state index in [1.165, 1.54) is 36.4 Å². The Labute approximate surface area is 244 Å². The number of benzene rings is 2. The highest BCUT2D eigenvalue weighted by Crippen LogP contribution is 2.45. The number of aromatic nitrogens is 3. The van der Waals surface area contributed by atoms with Crippen LogP contribution in [0.1, 0.15) is 31.2 Å². The van der Waals surface area contributed by atoms with Crippen LogP contribution >= 0.6 is 0 Å². The number of ether oxygens (including phenoxy) is 3. The fourth-order valence-corrected chi connectivity index (χ4v) is 5.36. The molecule has 2 aromatic carbocycles. The molecule has 0 bridgehead atoms. The zero-order chi connectivity index (χ0) is 30.4. The van der Waals surface area contributed by atoms with Crippen molar-refractivity contribution >= 4 is 27.5 Å². The van der Waals surface area contributed by atoms with E-state index in [1.807, 2.05) is 0 Å². The maximum atomic E-state index is 16.6. The van der Waals surface area contributed by atoms with Crippen molar-refractivity contribution in [2.24, 2.45) is 5.41 Å². The van der Waals surface area contributed by atoms with Crippen molar-refractivity contribution in [3.8, 4) is 35.4 Å². The predicted octanol–water partition coefficient (Wildman–Crippen LogP) is 5.47. The summed E-state index contributed by atoms with van der Waals surface area (Å²) in [6.45, 7) is -0.472. The van der Waals surface area contributed by atoms with Gasteiger partial charge in [-0.2, -0.15) is 9.97 Å². The molecule has 1 aliphatic heterocycles. The lowest BCUT2D eigenvalue weighted by molar-refractivity contribution is -0.0118. The van der Waals surface area contributed by atoms with Gasteiger partial charge in [0.05, 0.1) is 30.7 Å². The number of nitrogens with zero attached hydrogens (tertiary/aromatic N) is 4. The van der Waals surface area contributed by atoms with Gasteiger partial charge in [0.15, 0.2) is 12.6 Å². The summed E-state index contributed by atoms with van der Waals surface area (Å²) in [6, 6.07) is 5.58. The van der Waals surface area contributed by atoms with Gasteiger partial charge in [0.1, 0.15) is 28.6 Å². The molecule has 0 amide bonds. The first-order valence-electron chi connectivity index (χ1n) is 13.8. The van der Waals surface area contributed by atoms with Gasteiger partial charge in [0, 0.05) is 42.6 Å². The number of alkyl halides is 2. The van der Waals surface area contributed by atoms with E-state index >= 15 is 4.39 Å². The molecular weight excluding hydrogens is 568 g/mol. The van der Waals surface area contributed by atoms with Gasteiger partial charge in [-0.15, -0.1) is 6.42 Å². The molecule has 0 spiro atoms. The SMILES string of the molecule is C#Cc1c(F)ccc2cc(OCOC)cc(-c3ncc4c(N5CCCC(F)(F)C5)nc(OCC5(CO)CC5)nc4c3F)c12. The van der Waals surface area contributed by atoms with Gasteiger partial charge in [-0.3, -0.25) is 4.98 Å². The first-order chi connectivity index (χ1) is 20.7. The van der Waals surface area contributed by atoms with E-state index in [0.717, 1.165) is 12.8 Å². The molecular formula is C31H28F4N4O4. The second-order valence-electron chi connectivity index (χ2n) is 11.0.